The SMILES string of the molecule is COC(=O)c1cccc(CBr)c1.COC(=O)c1cccc(CSc2cccc(C(=O)Nc3ccc(N4CCCCC4)cc3-c3cc(C(=O)NCc4cccc(C(F)(F)F)c4)ccn3)c2)c1.COC(=O)c1cccc(CSc2cccc(C(=O)O)c2)c1.O=C(O)c1cccc(CSc2cccc(C(=O)Nc3ccc(N4CCCCC4)cc3-c3cc(C(=O)NCc4cccc(C(F)(F)F)c4)ccn3)c2)c1.O=C(O)c1cccc(S)c1. The van der Waals surface area contributed by atoms with Crippen molar-refractivity contribution in [1.29, 1.82) is 0 Å². The minimum atomic E-state index is -4.49. The number of thioether (sulfide) groups is 3. The number of amides is 4. The minimum Gasteiger partial charge on any atom is -0.478 e. The Kier molecular flexibility index (Phi) is 41.2. The molecule has 2 fully saturated rings. The molecule has 0 aliphatic carbocycles. The van der Waals surface area contributed by atoms with Crippen molar-refractivity contribution in [1.82, 2.24) is 20.6 Å². The Hall–Kier alpha value is -15.3. The molecule has 0 atom stereocenters. The lowest BCUT2D eigenvalue weighted by Crippen LogP contribution is -2.29. The number of esters is 3. The van der Waals surface area contributed by atoms with E-state index in [9.17, 15) is 79.4 Å². The summed E-state index contributed by atoms with van der Waals surface area (Å²) in [5.41, 5.74) is 11.6. The standard InChI is InChI=1S/C41H37F3N4O4S.C40H35F3N4O4S.C16H14O4S.C9H9BrO2.C7H6O2S/c1-52-40(51)31-11-5-9-28(20-31)26-53-34-13-7-10-29(22-34)39(50)47-36-15-14-33(48-18-3-2-4-19-48)24-35(36)37-23-30(16-17-45-37)38(49)46-25-27-8-6-12-32(21-27)41(42,43)44;41-40(42,43)31-11-5-7-26(20-31)24-45-37(48)29-15-16-44-36(22-29)34-23-32(47-17-2-1-3-18-47)13-14-35(34)46-38(49)28-9-6-12-33(21-28)52-25-27-8-4-10-30(19-27)39(50)51;1-20-16(19)13-6-2-4-11(8-13)10-21-14-7-3-5-12(9-14)15(17)18;1-12-9(11)8-4-2-3-7(5-8)6-10;8-7(9)5-2-1-3-6(10)4-5/h5-17,20-24H,2-4,18-19,25-26H2,1H3,(H,46,49)(H,47,50);4-16,19-23H,1-3,17-18,24-25H2,(H,45,48)(H,46,49)(H,50,51);2-9H,10H2,1H3,(H,17,18);2-5H,6H2,1H3;1-4,10H,(H,8,9). The first kappa shape index (κ1) is 111. The van der Waals surface area contributed by atoms with Gasteiger partial charge in [0.15, 0.2) is 0 Å². The van der Waals surface area contributed by atoms with Gasteiger partial charge in [-0.2, -0.15) is 26.3 Å². The highest BCUT2D eigenvalue weighted by atomic mass is 79.9. The smallest absolute Gasteiger partial charge is 0.416 e. The van der Waals surface area contributed by atoms with Crippen molar-refractivity contribution >= 4 is 146 Å². The lowest BCUT2D eigenvalue weighted by molar-refractivity contribution is -0.138. The van der Waals surface area contributed by atoms with Crippen molar-refractivity contribution in [3.8, 4) is 22.5 Å². The average Bonchev–Trinajstić information content (AvgIpc) is 0.796. The van der Waals surface area contributed by atoms with Crippen molar-refractivity contribution in [3.63, 3.8) is 0 Å². The molecule has 2 aromatic heterocycles. The molecule has 7 N–H and O–H groups in total. The van der Waals surface area contributed by atoms with Crippen molar-refractivity contribution in [2.75, 3.05) is 67.9 Å². The summed E-state index contributed by atoms with van der Waals surface area (Å²) in [4.78, 5) is 138. The molecule has 0 bridgehead atoms. The Morgan fingerprint density at radius 2 is 0.655 bits per heavy atom. The van der Waals surface area contributed by atoms with Gasteiger partial charge >= 0.3 is 48.2 Å². The highest BCUT2D eigenvalue weighted by Gasteiger charge is 2.32. The molecule has 0 spiro atoms. The first-order valence-electron chi connectivity index (χ1n) is 46.2. The van der Waals surface area contributed by atoms with Gasteiger partial charge in [-0.05, 0) is 278 Å². The third-order valence-corrected chi connectivity index (χ3v) is 27.0. The number of thiol groups is 1. The lowest BCUT2D eigenvalue weighted by atomic mass is 10.0. The number of ether oxygens (including phenoxy) is 3. The van der Waals surface area contributed by atoms with E-state index >= 15 is 0 Å². The topological polar surface area (TPSA) is 339 Å². The van der Waals surface area contributed by atoms with Gasteiger partial charge in [-0.15, -0.1) is 47.9 Å². The summed E-state index contributed by atoms with van der Waals surface area (Å²) in [6.07, 6.45) is 0.581. The van der Waals surface area contributed by atoms with Crippen LogP contribution >= 0.6 is 63.8 Å². The van der Waals surface area contributed by atoms with Gasteiger partial charge < -0.3 is 60.6 Å². The van der Waals surface area contributed by atoms with Gasteiger partial charge in [0, 0.05) is 139 Å². The molecule has 0 unspecified atom stereocenters. The Morgan fingerprint density at radius 3 is 1.01 bits per heavy atom. The van der Waals surface area contributed by atoms with E-state index in [4.69, 9.17) is 14.9 Å². The van der Waals surface area contributed by atoms with Gasteiger partial charge in [-0.3, -0.25) is 29.1 Å². The van der Waals surface area contributed by atoms with E-state index in [0.29, 0.717) is 95.0 Å². The Morgan fingerprint density at radius 1 is 0.345 bits per heavy atom. The highest BCUT2D eigenvalue weighted by molar-refractivity contribution is 9.08. The Bertz CT molecular complexity index is 7090. The fourth-order valence-electron chi connectivity index (χ4n) is 15.3. The highest BCUT2D eigenvalue weighted by Crippen LogP contribution is 2.39. The van der Waals surface area contributed by atoms with Gasteiger partial charge in [0.25, 0.3) is 23.6 Å². The molecule has 762 valence electrons. The van der Waals surface area contributed by atoms with E-state index in [1.165, 1.54) is 118 Å². The lowest BCUT2D eigenvalue weighted by Gasteiger charge is -2.29. The van der Waals surface area contributed by atoms with Crippen LogP contribution in [0.2, 0.25) is 0 Å². The number of piperidine rings is 2. The zero-order valence-corrected chi connectivity index (χ0v) is 85.0. The number of nitrogens with zero attached hydrogens (tertiary/aromatic N) is 4. The van der Waals surface area contributed by atoms with Gasteiger partial charge in [0.2, 0.25) is 0 Å². The molecule has 148 heavy (non-hydrogen) atoms. The molecule has 0 radical (unpaired) electrons. The van der Waals surface area contributed by atoms with E-state index in [1.807, 2.05) is 91.0 Å². The number of hydrogen-bond acceptors (Lipinski definition) is 21. The first-order valence-corrected chi connectivity index (χ1v) is 50.8. The molecule has 4 heterocycles. The van der Waals surface area contributed by atoms with Gasteiger partial charge in [-0.25, -0.2) is 28.8 Å². The van der Waals surface area contributed by atoms with Gasteiger partial charge in [0.05, 0.1) is 88.6 Å². The van der Waals surface area contributed by atoms with Crippen molar-refractivity contribution in [3.05, 3.63) is 416 Å². The van der Waals surface area contributed by atoms with Crippen molar-refractivity contribution < 1.29 is 104 Å². The summed E-state index contributed by atoms with van der Waals surface area (Å²) in [7, 11) is 4.07. The monoisotopic (exact) mass is 2150 g/mol. The minimum absolute atomic E-state index is 0.0939. The van der Waals surface area contributed by atoms with Gasteiger partial charge in [-0.1, -0.05) is 113 Å². The molecular weight excluding hydrogens is 2050 g/mol. The molecule has 16 rings (SSSR count). The number of nitrogens with one attached hydrogen (secondary N) is 4. The van der Waals surface area contributed by atoms with Crippen molar-refractivity contribution in [2.24, 2.45) is 0 Å². The third-order valence-electron chi connectivity index (χ3n) is 22.9. The van der Waals surface area contributed by atoms with Crippen LogP contribution in [0.4, 0.5) is 49.1 Å². The molecule has 2 saturated heterocycles. The van der Waals surface area contributed by atoms with E-state index in [2.05, 4.69) is 79.1 Å². The number of pyridine rings is 2. The number of hydrogen-bond donors (Lipinski definition) is 8. The normalized spacial score (nSPS) is 12.0. The molecule has 35 heteroatoms. The fourth-order valence-corrected chi connectivity index (χ4v) is 18.6. The summed E-state index contributed by atoms with van der Waals surface area (Å²) < 4.78 is 93.3. The van der Waals surface area contributed by atoms with Crippen LogP contribution in [0.15, 0.2) is 335 Å². The number of aromatic carboxylic acids is 3. The van der Waals surface area contributed by atoms with E-state index < -0.39 is 59.2 Å². The maximum Gasteiger partial charge on any atom is 0.416 e. The summed E-state index contributed by atoms with van der Waals surface area (Å²) in [6.45, 7) is 3.38. The van der Waals surface area contributed by atoms with Crippen LogP contribution in [0.3, 0.4) is 0 Å². The number of carboxylic acids is 3. The number of methoxy groups -OCH3 is 3. The molecule has 12 aromatic carbocycles. The third kappa shape index (κ3) is 33.6. The average molecular weight is 2150 g/mol. The number of rotatable bonds is 30. The maximum absolute atomic E-state index is 13.7. The first-order chi connectivity index (χ1) is 71.2. The number of halogens is 7. The number of carbonyl (C=O) groups is 10. The predicted molar refractivity (Wildman–Crippen MR) is 568 cm³/mol. The summed E-state index contributed by atoms with van der Waals surface area (Å²) in [5, 5.41) is 39.0. The van der Waals surface area contributed by atoms with Gasteiger partial charge in [0.1, 0.15) is 0 Å². The van der Waals surface area contributed by atoms with Crippen LogP contribution in [-0.4, -0.2) is 132 Å². The zero-order valence-electron chi connectivity index (χ0n) is 80.1. The van der Waals surface area contributed by atoms with Crippen LogP contribution in [0, 0.1) is 0 Å². The molecule has 2 aliphatic heterocycles. The predicted octanol–water partition coefficient (Wildman–Crippen LogP) is 25.5. The number of anilines is 4. The van der Waals surface area contributed by atoms with Crippen LogP contribution in [0.25, 0.3) is 22.5 Å². The molecule has 24 nitrogen and oxygen atoms in total. The summed E-state index contributed by atoms with van der Waals surface area (Å²) in [5.74, 6) is -3.82. The quantitative estimate of drug-likeness (QED) is 0.00518. The number of benzene rings is 12. The number of carboxylic acid groups (broad SMARTS) is 3. The van der Waals surface area contributed by atoms with E-state index in [-0.39, 0.29) is 64.7 Å². The van der Waals surface area contributed by atoms with Crippen LogP contribution in [0.1, 0.15) is 187 Å². The molecule has 2 aliphatic rings. The largest absolute Gasteiger partial charge is 0.478 e. The Labute approximate surface area is 876 Å². The summed E-state index contributed by atoms with van der Waals surface area (Å²) >= 11 is 11.8. The van der Waals surface area contributed by atoms with Crippen LogP contribution in [0.5, 0.6) is 0 Å². The second kappa shape index (κ2) is 54.8. The number of aromatic nitrogens is 2. The molecular formula is C113H101BrF6N8O16S4. The number of alkyl halides is 7. The van der Waals surface area contributed by atoms with Crippen LogP contribution in [-0.2, 0) is 62.2 Å². The second-order valence-electron chi connectivity index (χ2n) is 33.4. The fraction of sp³-hybridized carbons (Fsp3) is 0.186. The Balaban J connectivity index is 0.000000188. The van der Waals surface area contributed by atoms with E-state index in [0.717, 1.165) is 143 Å². The van der Waals surface area contributed by atoms with Crippen LogP contribution < -0.4 is 31.1 Å². The number of carbonyl (C=O) groups excluding carboxylic acids is 7. The maximum atomic E-state index is 13.7. The van der Waals surface area contributed by atoms with Crippen molar-refractivity contribution in [2.45, 2.75) is 106 Å². The zero-order chi connectivity index (χ0) is 106. The van der Waals surface area contributed by atoms with E-state index in [1.54, 1.807) is 140 Å². The molecule has 4 amide bonds. The molecule has 0 saturated carbocycles. The second-order valence-corrected chi connectivity index (χ2v) is 37.6. The summed E-state index contributed by atoms with van der Waals surface area (Å²) in [6, 6.07) is 83.5. The molecule has 14 aromatic rings.